The van der Waals surface area contributed by atoms with Crippen LogP contribution >= 0.6 is 0 Å². The van der Waals surface area contributed by atoms with Gasteiger partial charge in [0.25, 0.3) is 5.91 Å². The second-order valence-electron chi connectivity index (χ2n) is 9.51. The lowest BCUT2D eigenvalue weighted by Gasteiger charge is -2.31. The minimum atomic E-state index is -0.621. The summed E-state index contributed by atoms with van der Waals surface area (Å²) in [4.78, 5) is 29.9. The molecule has 8 heteroatoms. The van der Waals surface area contributed by atoms with Crippen molar-refractivity contribution in [2.45, 2.75) is 31.8 Å². The molecular weight excluding hydrogens is 440 g/mol. The molecule has 2 saturated heterocycles. The predicted molar refractivity (Wildman–Crippen MR) is 132 cm³/mol. The predicted octanol–water partition coefficient (Wildman–Crippen LogP) is 1.92. The van der Waals surface area contributed by atoms with Crippen molar-refractivity contribution in [1.82, 2.24) is 20.3 Å². The maximum Gasteiger partial charge on any atom is 0.277 e. The van der Waals surface area contributed by atoms with E-state index >= 15 is 0 Å². The van der Waals surface area contributed by atoms with Crippen LogP contribution in [0, 0.1) is 0 Å². The largest absolute Gasteiger partial charge is 0.337 e. The standard InChI is InChI=1S/C27H28N6O2/c34-26(31-35)21-14-28-27(29-15-21)33-12-9-25-23(17-33)22-13-20(7-8-24(22)30-25)19-5-3-18(4-6-19)16-32-10-1-2-11-32/h3-8,13-15,25,35H,1-2,9-12,16-17H2,(H,31,34). The number of piperidine rings is 1. The van der Waals surface area contributed by atoms with Gasteiger partial charge in [-0.2, -0.15) is 0 Å². The summed E-state index contributed by atoms with van der Waals surface area (Å²) in [6, 6.07) is 15.7. The van der Waals surface area contributed by atoms with Gasteiger partial charge >= 0.3 is 0 Å². The van der Waals surface area contributed by atoms with Gasteiger partial charge in [0.15, 0.2) is 0 Å². The number of amides is 1. The van der Waals surface area contributed by atoms with Crippen LogP contribution in [0.15, 0.2) is 59.9 Å². The van der Waals surface area contributed by atoms with Crippen LogP contribution in [0.25, 0.3) is 16.7 Å². The second kappa shape index (κ2) is 9.20. The van der Waals surface area contributed by atoms with E-state index in [9.17, 15) is 4.79 Å². The fraction of sp³-hybridized carbons (Fsp3) is 0.333. The fourth-order valence-corrected chi connectivity index (χ4v) is 5.34. The van der Waals surface area contributed by atoms with Crippen LogP contribution in [0.4, 0.5) is 5.95 Å². The SMILES string of the molecule is O=C(NO)c1cnc(N2CCC3N=c4ccc(-c5ccc(CN6CCCC6)cc5)cc4=C3C2)nc1. The molecule has 0 saturated carbocycles. The number of likely N-dealkylation sites (tertiary alicyclic amines) is 1. The van der Waals surface area contributed by atoms with Crippen LogP contribution in [0.2, 0.25) is 0 Å². The van der Waals surface area contributed by atoms with Gasteiger partial charge in [-0.3, -0.25) is 19.9 Å². The molecule has 6 rings (SSSR count). The quantitative estimate of drug-likeness (QED) is 0.439. The van der Waals surface area contributed by atoms with Crippen molar-refractivity contribution in [3.05, 3.63) is 76.6 Å². The number of hydroxylamine groups is 1. The molecule has 178 valence electrons. The zero-order valence-electron chi connectivity index (χ0n) is 19.5. The lowest BCUT2D eigenvalue weighted by atomic mass is 9.97. The van der Waals surface area contributed by atoms with E-state index in [0.717, 1.165) is 24.9 Å². The molecule has 0 spiro atoms. The summed E-state index contributed by atoms with van der Waals surface area (Å²) < 4.78 is 0. The number of anilines is 1. The first-order valence-corrected chi connectivity index (χ1v) is 12.2. The van der Waals surface area contributed by atoms with E-state index in [1.165, 1.54) is 65.8 Å². The topological polar surface area (TPSA) is 93.9 Å². The number of hydrogen-bond acceptors (Lipinski definition) is 7. The highest BCUT2D eigenvalue weighted by molar-refractivity contribution is 5.92. The number of nitrogens with zero attached hydrogens (tertiary/aromatic N) is 5. The molecule has 1 amide bonds. The molecule has 0 radical (unpaired) electrons. The molecule has 1 aromatic heterocycles. The molecule has 2 N–H and O–H groups in total. The fourth-order valence-electron chi connectivity index (χ4n) is 5.34. The van der Waals surface area contributed by atoms with Gasteiger partial charge in [-0.15, -0.1) is 0 Å². The zero-order chi connectivity index (χ0) is 23.8. The molecule has 2 aromatic carbocycles. The van der Waals surface area contributed by atoms with Crippen molar-refractivity contribution < 1.29 is 10.0 Å². The van der Waals surface area contributed by atoms with Crippen LogP contribution in [0.3, 0.4) is 0 Å². The second-order valence-corrected chi connectivity index (χ2v) is 9.51. The number of carbonyl (C=O) groups is 1. The van der Waals surface area contributed by atoms with Crippen LogP contribution in [-0.2, 0) is 6.54 Å². The molecular formula is C27H28N6O2. The van der Waals surface area contributed by atoms with Crippen LogP contribution in [-0.4, -0.2) is 58.2 Å². The molecule has 35 heavy (non-hydrogen) atoms. The van der Waals surface area contributed by atoms with Crippen molar-refractivity contribution in [2.75, 3.05) is 31.1 Å². The summed E-state index contributed by atoms with van der Waals surface area (Å²) in [7, 11) is 0. The molecule has 3 aliphatic heterocycles. The Labute approximate surface area is 203 Å². The molecule has 8 nitrogen and oxygen atoms in total. The minimum absolute atomic E-state index is 0.193. The maximum atomic E-state index is 11.6. The van der Waals surface area contributed by atoms with Crippen molar-refractivity contribution in [1.29, 1.82) is 0 Å². The summed E-state index contributed by atoms with van der Waals surface area (Å²) in [6.45, 7) is 4.94. The number of nitrogens with one attached hydrogen (secondary N) is 1. The highest BCUT2D eigenvalue weighted by atomic mass is 16.5. The van der Waals surface area contributed by atoms with E-state index in [0.29, 0.717) is 12.5 Å². The Morgan fingerprint density at radius 2 is 1.74 bits per heavy atom. The Morgan fingerprint density at radius 1 is 1.00 bits per heavy atom. The van der Waals surface area contributed by atoms with E-state index < -0.39 is 5.91 Å². The molecule has 0 aliphatic carbocycles. The molecule has 2 fully saturated rings. The van der Waals surface area contributed by atoms with Gasteiger partial charge < -0.3 is 4.90 Å². The Kier molecular flexibility index (Phi) is 5.75. The summed E-state index contributed by atoms with van der Waals surface area (Å²) >= 11 is 0. The molecule has 1 atom stereocenters. The average Bonchev–Trinajstić information content (AvgIpc) is 3.55. The number of benzene rings is 2. The summed E-state index contributed by atoms with van der Waals surface area (Å²) in [5, 5.41) is 11.1. The van der Waals surface area contributed by atoms with Gasteiger partial charge in [0, 0.05) is 37.2 Å². The smallest absolute Gasteiger partial charge is 0.277 e. The normalized spacial score (nSPS) is 19.3. The van der Waals surface area contributed by atoms with Gasteiger partial charge in [0.1, 0.15) is 0 Å². The van der Waals surface area contributed by atoms with E-state index in [1.54, 1.807) is 5.48 Å². The van der Waals surface area contributed by atoms with E-state index in [1.807, 2.05) is 0 Å². The van der Waals surface area contributed by atoms with Gasteiger partial charge in [-0.25, -0.2) is 15.4 Å². The third-order valence-electron chi connectivity index (χ3n) is 7.25. The zero-order valence-corrected chi connectivity index (χ0v) is 19.5. The monoisotopic (exact) mass is 468 g/mol. The molecule has 1 unspecified atom stereocenters. The third-order valence-corrected chi connectivity index (χ3v) is 7.25. The first kappa shape index (κ1) is 21.9. The average molecular weight is 469 g/mol. The van der Waals surface area contributed by atoms with E-state index in [-0.39, 0.29) is 11.6 Å². The first-order valence-electron chi connectivity index (χ1n) is 12.2. The van der Waals surface area contributed by atoms with E-state index in [4.69, 9.17) is 10.2 Å². The van der Waals surface area contributed by atoms with Crippen LogP contribution in [0.5, 0.6) is 0 Å². The molecule has 3 aliphatic rings. The Balaban J connectivity index is 1.25. The number of rotatable bonds is 5. The number of hydrogen-bond donors (Lipinski definition) is 2. The highest BCUT2D eigenvalue weighted by Crippen LogP contribution is 2.25. The van der Waals surface area contributed by atoms with Gasteiger partial charge in [0.2, 0.25) is 5.95 Å². The van der Waals surface area contributed by atoms with Gasteiger partial charge in [0.05, 0.1) is 17.0 Å². The number of fused-ring (bicyclic) bond motifs is 2. The molecule has 4 heterocycles. The van der Waals surface area contributed by atoms with Crippen LogP contribution in [0.1, 0.15) is 35.2 Å². The lowest BCUT2D eigenvalue weighted by molar-refractivity contribution is 0.0705. The van der Waals surface area contributed by atoms with Crippen molar-refractivity contribution in [3.63, 3.8) is 0 Å². The number of carbonyl (C=O) groups excluding carboxylic acids is 1. The summed E-state index contributed by atoms with van der Waals surface area (Å²) in [5.41, 5.74) is 6.90. The van der Waals surface area contributed by atoms with Crippen molar-refractivity contribution in [3.8, 4) is 11.1 Å². The van der Waals surface area contributed by atoms with Gasteiger partial charge in [-0.1, -0.05) is 30.3 Å². The highest BCUT2D eigenvalue weighted by Gasteiger charge is 2.28. The van der Waals surface area contributed by atoms with Crippen molar-refractivity contribution >= 4 is 17.4 Å². The first-order chi connectivity index (χ1) is 17.2. The Morgan fingerprint density at radius 3 is 2.49 bits per heavy atom. The third kappa shape index (κ3) is 4.31. The Bertz CT molecular complexity index is 1360. The maximum absolute atomic E-state index is 11.6. The van der Waals surface area contributed by atoms with E-state index in [2.05, 4.69) is 62.2 Å². The molecule has 3 aromatic rings. The van der Waals surface area contributed by atoms with Gasteiger partial charge in [-0.05, 0) is 66.7 Å². The summed E-state index contributed by atoms with van der Waals surface area (Å²) in [5.74, 6) is -0.0478. The number of aromatic nitrogens is 2. The Hall–Kier alpha value is -3.62. The summed E-state index contributed by atoms with van der Waals surface area (Å²) in [6.07, 6.45) is 6.39. The van der Waals surface area contributed by atoms with Crippen molar-refractivity contribution in [2.24, 2.45) is 4.99 Å². The van der Waals surface area contributed by atoms with Crippen LogP contribution < -0.4 is 21.0 Å². The lowest BCUT2D eigenvalue weighted by Crippen LogP contribution is -2.39. The minimum Gasteiger partial charge on any atom is -0.337 e. The molecule has 0 bridgehead atoms.